The van der Waals surface area contributed by atoms with Crippen molar-refractivity contribution in [2.45, 2.75) is 0 Å². The first-order valence-electron chi connectivity index (χ1n) is 6.28. The van der Waals surface area contributed by atoms with Gasteiger partial charge in [0.15, 0.2) is 0 Å². The fraction of sp³-hybridized carbons (Fsp3) is 0. The second-order valence-electron chi connectivity index (χ2n) is 4.28. The van der Waals surface area contributed by atoms with E-state index in [4.69, 9.17) is 16.9 Å². The predicted molar refractivity (Wildman–Crippen MR) is 91.5 cm³/mol. The lowest BCUT2D eigenvalue weighted by Gasteiger charge is -2.05. The zero-order valence-corrected chi connectivity index (χ0v) is 13.6. The molecule has 110 valence electrons. The van der Waals surface area contributed by atoms with Gasteiger partial charge < -0.3 is 10.6 Å². The summed E-state index contributed by atoms with van der Waals surface area (Å²) in [7, 11) is 0. The van der Waals surface area contributed by atoms with E-state index in [1.807, 2.05) is 30.3 Å². The van der Waals surface area contributed by atoms with Gasteiger partial charge in [-0.3, -0.25) is 4.79 Å². The highest BCUT2D eigenvalue weighted by molar-refractivity contribution is 9.10. The molecule has 0 saturated heterocycles. The van der Waals surface area contributed by atoms with Crippen molar-refractivity contribution in [3.63, 3.8) is 0 Å². The van der Waals surface area contributed by atoms with Crippen LogP contribution in [0.5, 0.6) is 0 Å². The lowest BCUT2D eigenvalue weighted by molar-refractivity contribution is -0.112. The number of halogens is 2. The van der Waals surface area contributed by atoms with Crippen LogP contribution in [-0.4, -0.2) is 5.91 Å². The lowest BCUT2D eigenvalue weighted by Crippen LogP contribution is -2.14. The molecule has 2 rings (SSSR count). The van der Waals surface area contributed by atoms with E-state index in [1.54, 1.807) is 24.3 Å². The highest BCUT2D eigenvalue weighted by Gasteiger charge is 2.09. The number of amides is 1. The van der Waals surface area contributed by atoms with E-state index in [9.17, 15) is 4.79 Å². The molecule has 0 aliphatic heterocycles. The van der Waals surface area contributed by atoms with Crippen LogP contribution in [0, 0.1) is 11.3 Å². The van der Waals surface area contributed by atoms with E-state index in [0.29, 0.717) is 10.7 Å². The lowest BCUT2D eigenvalue weighted by atomic mass is 10.2. The zero-order chi connectivity index (χ0) is 15.9. The number of rotatable bonds is 4. The molecule has 0 unspecified atom stereocenters. The van der Waals surface area contributed by atoms with Crippen LogP contribution >= 0.6 is 27.5 Å². The molecular weight excluding hydrogens is 366 g/mol. The van der Waals surface area contributed by atoms with Crippen molar-refractivity contribution in [3.8, 4) is 6.07 Å². The number of benzene rings is 2. The highest BCUT2D eigenvalue weighted by Crippen LogP contribution is 2.16. The van der Waals surface area contributed by atoms with Crippen molar-refractivity contribution in [2.75, 3.05) is 10.6 Å². The molecule has 0 aromatic heterocycles. The largest absolute Gasteiger partial charge is 0.360 e. The van der Waals surface area contributed by atoms with Gasteiger partial charge in [0.2, 0.25) is 0 Å². The molecule has 1 amide bonds. The summed E-state index contributed by atoms with van der Waals surface area (Å²) in [5.41, 5.74) is 1.31. The van der Waals surface area contributed by atoms with Gasteiger partial charge in [0.1, 0.15) is 11.6 Å². The molecule has 0 aliphatic rings. The van der Waals surface area contributed by atoms with Crippen molar-refractivity contribution in [2.24, 2.45) is 0 Å². The molecule has 2 N–H and O–H groups in total. The van der Waals surface area contributed by atoms with Crippen molar-refractivity contribution in [1.29, 1.82) is 5.26 Å². The third kappa shape index (κ3) is 4.62. The summed E-state index contributed by atoms with van der Waals surface area (Å²) in [5.74, 6) is -0.491. The van der Waals surface area contributed by atoms with Gasteiger partial charge in [-0.05, 0) is 48.5 Å². The first-order chi connectivity index (χ1) is 10.6. The molecular formula is C16H11BrClN3O. The number of nitriles is 1. The fourth-order valence-electron chi connectivity index (χ4n) is 1.58. The number of carbonyl (C=O) groups excluding carboxylic acids is 1. The first kappa shape index (κ1) is 16.1. The number of hydrogen-bond acceptors (Lipinski definition) is 3. The van der Waals surface area contributed by atoms with Gasteiger partial charge in [-0.2, -0.15) is 5.26 Å². The molecule has 0 atom stereocenters. The van der Waals surface area contributed by atoms with E-state index in [-0.39, 0.29) is 5.57 Å². The minimum absolute atomic E-state index is 0.0298. The summed E-state index contributed by atoms with van der Waals surface area (Å²) in [6, 6.07) is 15.9. The van der Waals surface area contributed by atoms with E-state index < -0.39 is 5.91 Å². The predicted octanol–water partition coefficient (Wildman–Crippen LogP) is 4.56. The van der Waals surface area contributed by atoms with E-state index in [1.165, 1.54) is 6.20 Å². The maximum atomic E-state index is 12.0. The third-order valence-electron chi connectivity index (χ3n) is 2.69. The average Bonchev–Trinajstić information content (AvgIpc) is 2.52. The fourth-order valence-corrected chi connectivity index (χ4v) is 1.97. The van der Waals surface area contributed by atoms with Crippen LogP contribution < -0.4 is 10.6 Å². The number of nitrogens with one attached hydrogen (secondary N) is 2. The molecule has 0 bridgehead atoms. The molecule has 0 radical (unpaired) electrons. The minimum atomic E-state index is -0.491. The van der Waals surface area contributed by atoms with Gasteiger partial charge in [-0.25, -0.2) is 0 Å². The highest BCUT2D eigenvalue weighted by atomic mass is 79.9. The summed E-state index contributed by atoms with van der Waals surface area (Å²) < 4.78 is 0.947. The zero-order valence-electron chi connectivity index (χ0n) is 11.3. The molecule has 6 heteroatoms. The van der Waals surface area contributed by atoms with Gasteiger partial charge in [0.25, 0.3) is 5.91 Å². The average molecular weight is 377 g/mol. The Morgan fingerprint density at radius 3 is 2.27 bits per heavy atom. The molecule has 0 saturated carbocycles. The number of carbonyl (C=O) groups is 1. The molecule has 2 aromatic rings. The first-order valence-corrected chi connectivity index (χ1v) is 7.45. The third-order valence-corrected chi connectivity index (χ3v) is 3.48. The van der Waals surface area contributed by atoms with Gasteiger partial charge in [-0.1, -0.05) is 27.5 Å². The summed E-state index contributed by atoms with van der Waals surface area (Å²) in [6.45, 7) is 0. The summed E-state index contributed by atoms with van der Waals surface area (Å²) >= 11 is 9.11. The maximum absolute atomic E-state index is 12.0. The second kappa shape index (κ2) is 7.64. The van der Waals surface area contributed by atoms with Crippen LogP contribution in [0.25, 0.3) is 0 Å². The van der Waals surface area contributed by atoms with Crippen LogP contribution in [0.3, 0.4) is 0 Å². The normalized spacial score (nSPS) is 10.7. The molecule has 0 heterocycles. The number of hydrogen-bond donors (Lipinski definition) is 2. The van der Waals surface area contributed by atoms with Gasteiger partial charge in [0, 0.05) is 27.1 Å². The minimum Gasteiger partial charge on any atom is -0.360 e. The molecule has 22 heavy (non-hydrogen) atoms. The van der Waals surface area contributed by atoms with Crippen LogP contribution in [0.2, 0.25) is 5.02 Å². The monoisotopic (exact) mass is 375 g/mol. The maximum Gasteiger partial charge on any atom is 0.267 e. The van der Waals surface area contributed by atoms with Crippen LogP contribution in [0.15, 0.2) is 64.8 Å². The topological polar surface area (TPSA) is 64.9 Å². The van der Waals surface area contributed by atoms with E-state index >= 15 is 0 Å². The Hall–Kier alpha value is -2.29. The van der Waals surface area contributed by atoms with Gasteiger partial charge >= 0.3 is 0 Å². The summed E-state index contributed by atoms with van der Waals surface area (Å²) in [4.78, 5) is 12.0. The van der Waals surface area contributed by atoms with Gasteiger partial charge in [0.05, 0.1) is 0 Å². The second-order valence-corrected chi connectivity index (χ2v) is 5.63. The quantitative estimate of drug-likeness (QED) is 0.607. The van der Waals surface area contributed by atoms with Gasteiger partial charge in [-0.15, -0.1) is 0 Å². The Morgan fingerprint density at radius 1 is 1.09 bits per heavy atom. The van der Waals surface area contributed by atoms with Crippen molar-refractivity contribution < 1.29 is 4.79 Å². The molecule has 0 fully saturated rings. The van der Waals surface area contributed by atoms with E-state index in [0.717, 1.165) is 10.2 Å². The van der Waals surface area contributed by atoms with Crippen molar-refractivity contribution in [1.82, 2.24) is 0 Å². The SMILES string of the molecule is N#C/C(=C/Nc1ccc(Br)cc1)C(=O)Nc1ccc(Cl)cc1. The summed E-state index contributed by atoms with van der Waals surface area (Å²) in [6.07, 6.45) is 1.37. The standard InChI is InChI=1S/C16H11BrClN3O/c17-12-1-5-14(6-2-12)20-10-11(9-19)16(22)21-15-7-3-13(18)4-8-15/h1-8,10,20H,(H,21,22)/b11-10-. The Balaban J connectivity index is 2.05. The molecule has 4 nitrogen and oxygen atoms in total. The van der Waals surface area contributed by atoms with Crippen LogP contribution in [0.4, 0.5) is 11.4 Å². The smallest absolute Gasteiger partial charge is 0.267 e. The Labute approximate surface area is 141 Å². The van der Waals surface area contributed by atoms with Crippen LogP contribution in [-0.2, 0) is 4.79 Å². The Kier molecular flexibility index (Phi) is 5.59. The molecule has 0 spiro atoms. The summed E-state index contributed by atoms with van der Waals surface area (Å²) in [5, 5.41) is 15.2. The Morgan fingerprint density at radius 2 is 1.68 bits per heavy atom. The Bertz CT molecular complexity index is 733. The van der Waals surface area contributed by atoms with Crippen molar-refractivity contribution in [3.05, 3.63) is 69.8 Å². The number of nitrogens with zero attached hydrogens (tertiary/aromatic N) is 1. The van der Waals surface area contributed by atoms with Crippen LogP contribution in [0.1, 0.15) is 0 Å². The molecule has 2 aromatic carbocycles. The van der Waals surface area contributed by atoms with Crippen molar-refractivity contribution >= 4 is 44.8 Å². The molecule has 0 aliphatic carbocycles. The number of anilines is 2. The van der Waals surface area contributed by atoms with E-state index in [2.05, 4.69) is 26.6 Å².